The average molecular weight is 403 g/mol. The fraction of sp³-hybridized carbons (Fsp3) is 0.0714. The van der Waals surface area contributed by atoms with Crippen LogP contribution in [-0.2, 0) is 6.61 Å². The van der Waals surface area contributed by atoms with Crippen LogP contribution in [0.25, 0.3) is 0 Å². The molecule has 2 aromatic rings. The summed E-state index contributed by atoms with van der Waals surface area (Å²) in [6, 6.07) is 9.35. The largest absolute Gasteiger partial charge is 0.486 e. The van der Waals surface area contributed by atoms with Crippen molar-refractivity contribution < 1.29 is 9.13 Å². The Morgan fingerprint density at radius 1 is 1.35 bits per heavy atom. The molecule has 0 heterocycles. The molecular formula is C14H9ClFIN2O. The molecular weight excluding hydrogens is 394 g/mol. The van der Waals surface area contributed by atoms with Gasteiger partial charge >= 0.3 is 0 Å². The van der Waals surface area contributed by atoms with Gasteiger partial charge in [-0.2, -0.15) is 5.26 Å². The van der Waals surface area contributed by atoms with Crippen LogP contribution in [-0.4, -0.2) is 0 Å². The van der Waals surface area contributed by atoms with Crippen LogP contribution in [0.4, 0.5) is 10.1 Å². The first kappa shape index (κ1) is 14.9. The summed E-state index contributed by atoms with van der Waals surface area (Å²) in [4.78, 5) is 0. The second-order valence-electron chi connectivity index (χ2n) is 4.01. The third kappa shape index (κ3) is 3.32. The van der Waals surface area contributed by atoms with Gasteiger partial charge in [-0.1, -0.05) is 17.7 Å². The second kappa shape index (κ2) is 6.29. The Morgan fingerprint density at radius 2 is 2.10 bits per heavy atom. The molecule has 0 radical (unpaired) electrons. The fourth-order valence-corrected chi connectivity index (χ4v) is 2.64. The standard InChI is InChI=1S/C14H9ClFIN2O/c15-11-5-10(16)2-1-9(11)7-20-14-12(17)3-8(6-18)4-13(14)19/h1-5H,7,19H2. The average Bonchev–Trinajstić information content (AvgIpc) is 2.39. The smallest absolute Gasteiger partial charge is 0.156 e. The molecule has 0 aliphatic rings. The summed E-state index contributed by atoms with van der Waals surface area (Å²) in [5.74, 6) is 0.0937. The molecule has 2 N–H and O–H groups in total. The summed E-state index contributed by atoms with van der Waals surface area (Å²) in [5, 5.41) is 9.14. The molecule has 3 nitrogen and oxygen atoms in total. The Morgan fingerprint density at radius 3 is 2.70 bits per heavy atom. The van der Waals surface area contributed by atoms with Crippen LogP contribution in [0.15, 0.2) is 30.3 Å². The molecule has 0 aliphatic carbocycles. The first-order chi connectivity index (χ1) is 9.51. The lowest BCUT2D eigenvalue weighted by atomic mass is 10.2. The lowest BCUT2D eigenvalue weighted by molar-refractivity contribution is 0.305. The van der Waals surface area contributed by atoms with Gasteiger partial charge in [0.2, 0.25) is 0 Å². The number of ether oxygens (including phenoxy) is 1. The van der Waals surface area contributed by atoms with Crippen molar-refractivity contribution in [3.05, 3.63) is 55.9 Å². The highest BCUT2D eigenvalue weighted by molar-refractivity contribution is 14.1. The van der Waals surface area contributed by atoms with Crippen molar-refractivity contribution in [3.63, 3.8) is 0 Å². The summed E-state index contributed by atoms with van der Waals surface area (Å²) in [6.45, 7) is 0.172. The zero-order chi connectivity index (χ0) is 14.7. The fourth-order valence-electron chi connectivity index (χ4n) is 1.62. The Kier molecular flexibility index (Phi) is 4.68. The maximum atomic E-state index is 12.9. The Labute approximate surface area is 134 Å². The number of hydrogen-bond acceptors (Lipinski definition) is 3. The molecule has 0 amide bonds. The maximum absolute atomic E-state index is 12.9. The Balaban J connectivity index is 2.21. The predicted molar refractivity (Wildman–Crippen MR) is 84.0 cm³/mol. The SMILES string of the molecule is N#Cc1cc(N)c(OCc2ccc(F)cc2Cl)c(I)c1. The van der Waals surface area contributed by atoms with Gasteiger partial charge in [0.15, 0.2) is 5.75 Å². The summed E-state index contributed by atoms with van der Waals surface area (Å²) < 4.78 is 19.3. The van der Waals surface area contributed by atoms with Crippen LogP contribution in [0.2, 0.25) is 5.02 Å². The summed E-state index contributed by atoms with van der Waals surface area (Å²) in [6.07, 6.45) is 0. The van der Waals surface area contributed by atoms with E-state index in [2.05, 4.69) is 0 Å². The van der Waals surface area contributed by atoms with Gasteiger partial charge in [0.25, 0.3) is 0 Å². The minimum absolute atomic E-state index is 0.172. The van der Waals surface area contributed by atoms with E-state index in [1.807, 2.05) is 28.7 Å². The van der Waals surface area contributed by atoms with E-state index in [-0.39, 0.29) is 6.61 Å². The van der Waals surface area contributed by atoms with Crippen LogP contribution in [0.1, 0.15) is 11.1 Å². The predicted octanol–water partition coefficient (Wildman–Crippen LogP) is 4.12. The number of benzene rings is 2. The Bertz CT molecular complexity index is 677. The van der Waals surface area contributed by atoms with Crippen molar-refractivity contribution in [1.82, 2.24) is 0 Å². The molecule has 0 unspecified atom stereocenters. The minimum Gasteiger partial charge on any atom is -0.486 e. The van der Waals surface area contributed by atoms with Gasteiger partial charge in [0.1, 0.15) is 12.4 Å². The van der Waals surface area contributed by atoms with Gasteiger partial charge in [-0.05, 0) is 46.9 Å². The van der Waals surface area contributed by atoms with Crippen molar-refractivity contribution in [1.29, 1.82) is 5.26 Å². The highest BCUT2D eigenvalue weighted by Gasteiger charge is 2.10. The van der Waals surface area contributed by atoms with Gasteiger partial charge in [0, 0.05) is 5.56 Å². The van der Waals surface area contributed by atoms with E-state index < -0.39 is 5.82 Å². The highest BCUT2D eigenvalue weighted by atomic mass is 127. The maximum Gasteiger partial charge on any atom is 0.156 e. The molecule has 20 heavy (non-hydrogen) atoms. The van der Waals surface area contributed by atoms with E-state index in [9.17, 15) is 4.39 Å². The van der Waals surface area contributed by atoms with Crippen molar-refractivity contribution in [2.24, 2.45) is 0 Å². The third-order valence-electron chi connectivity index (χ3n) is 2.59. The Hall–Kier alpha value is -1.52. The molecule has 2 aromatic carbocycles. The normalized spacial score (nSPS) is 10.1. The number of nitrogens with two attached hydrogens (primary N) is 1. The van der Waals surface area contributed by atoms with E-state index in [0.717, 1.165) is 3.57 Å². The van der Waals surface area contributed by atoms with E-state index in [4.69, 9.17) is 27.3 Å². The molecule has 102 valence electrons. The minimum atomic E-state index is -0.397. The number of hydrogen-bond donors (Lipinski definition) is 1. The molecule has 0 atom stereocenters. The van der Waals surface area contributed by atoms with Gasteiger partial charge in [-0.25, -0.2) is 4.39 Å². The lowest BCUT2D eigenvalue weighted by Crippen LogP contribution is -2.02. The monoisotopic (exact) mass is 402 g/mol. The molecule has 0 bridgehead atoms. The topological polar surface area (TPSA) is 59.0 Å². The first-order valence-corrected chi connectivity index (χ1v) is 7.03. The summed E-state index contributed by atoms with van der Waals surface area (Å²) >= 11 is 7.97. The molecule has 6 heteroatoms. The second-order valence-corrected chi connectivity index (χ2v) is 5.58. The zero-order valence-corrected chi connectivity index (χ0v) is 13.1. The van der Waals surface area contributed by atoms with Crippen LogP contribution < -0.4 is 10.5 Å². The number of nitrogen functional groups attached to an aromatic ring is 1. The van der Waals surface area contributed by atoms with E-state index in [1.165, 1.54) is 12.1 Å². The highest BCUT2D eigenvalue weighted by Crippen LogP contribution is 2.31. The van der Waals surface area contributed by atoms with E-state index in [1.54, 1.807) is 18.2 Å². The van der Waals surface area contributed by atoms with Crippen LogP contribution >= 0.6 is 34.2 Å². The number of nitrogens with zero attached hydrogens (tertiary/aromatic N) is 1. The molecule has 0 aromatic heterocycles. The van der Waals surface area contributed by atoms with E-state index >= 15 is 0 Å². The van der Waals surface area contributed by atoms with E-state index in [0.29, 0.717) is 27.6 Å². The van der Waals surface area contributed by atoms with Gasteiger partial charge in [-0.15, -0.1) is 0 Å². The zero-order valence-electron chi connectivity index (χ0n) is 10.2. The molecule has 0 spiro atoms. The summed E-state index contributed by atoms with van der Waals surface area (Å²) in [7, 11) is 0. The van der Waals surface area contributed by atoms with Gasteiger partial charge in [-0.3, -0.25) is 0 Å². The molecule has 0 fully saturated rings. The molecule has 0 saturated heterocycles. The summed E-state index contributed by atoms with van der Waals surface area (Å²) in [5.41, 5.74) is 7.36. The number of nitriles is 1. The number of rotatable bonds is 3. The molecule has 2 rings (SSSR count). The van der Waals surface area contributed by atoms with Crippen LogP contribution in [0.3, 0.4) is 0 Å². The third-order valence-corrected chi connectivity index (χ3v) is 3.74. The molecule has 0 saturated carbocycles. The van der Waals surface area contributed by atoms with Crippen molar-refractivity contribution in [3.8, 4) is 11.8 Å². The van der Waals surface area contributed by atoms with Crippen LogP contribution in [0.5, 0.6) is 5.75 Å². The van der Waals surface area contributed by atoms with Gasteiger partial charge < -0.3 is 10.5 Å². The van der Waals surface area contributed by atoms with Crippen LogP contribution in [0, 0.1) is 20.7 Å². The lowest BCUT2D eigenvalue weighted by Gasteiger charge is -2.12. The number of halogens is 3. The first-order valence-electron chi connectivity index (χ1n) is 5.57. The van der Waals surface area contributed by atoms with Crippen molar-refractivity contribution >= 4 is 39.9 Å². The number of anilines is 1. The molecule has 0 aliphatic heterocycles. The quantitative estimate of drug-likeness (QED) is 0.621. The van der Waals surface area contributed by atoms with Crippen molar-refractivity contribution in [2.45, 2.75) is 6.61 Å². The van der Waals surface area contributed by atoms with Crippen molar-refractivity contribution in [2.75, 3.05) is 5.73 Å². The van der Waals surface area contributed by atoms with Gasteiger partial charge in [0.05, 0.1) is 25.9 Å².